The number of fused-ring (bicyclic) bond motifs is 1. The highest BCUT2D eigenvalue weighted by Crippen LogP contribution is 2.27. The lowest BCUT2D eigenvalue weighted by molar-refractivity contribution is 0.00706. The molecule has 0 unspecified atom stereocenters. The number of halogens is 1. The Balaban J connectivity index is 2.51. The Bertz CT molecular complexity index is 648. The molecule has 2 rings (SSSR count). The summed E-state index contributed by atoms with van der Waals surface area (Å²) in [5.74, 6) is -0.459. The normalized spacial score (nSPS) is 11.6. The number of ether oxygens (including phenoxy) is 1. The van der Waals surface area contributed by atoms with E-state index in [0.717, 1.165) is 15.4 Å². The first kappa shape index (κ1) is 13.8. The summed E-state index contributed by atoms with van der Waals surface area (Å²) >= 11 is 3.38. The molecule has 0 spiro atoms. The number of pyridine rings is 1. The zero-order chi connectivity index (χ0) is 14.2. The van der Waals surface area contributed by atoms with E-state index in [4.69, 9.17) is 10.5 Å². The highest BCUT2D eigenvalue weighted by atomic mass is 79.9. The summed E-state index contributed by atoms with van der Waals surface area (Å²) in [5, 5.41) is 0.734. The van der Waals surface area contributed by atoms with Gasteiger partial charge in [-0.1, -0.05) is 15.9 Å². The maximum atomic E-state index is 12.1. The predicted molar refractivity (Wildman–Crippen MR) is 79.0 cm³/mol. The lowest BCUT2D eigenvalue weighted by Crippen LogP contribution is -2.24. The van der Waals surface area contributed by atoms with Crippen LogP contribution in [-0.4, -0.2) is 16.6 Å². The number of aromatic nitrogens is 1. The van der Waals surface area contributed by atoms with Gasteiger partial charge < -0.3 is 10.5 Å². The topological polar surface area (TPSA) is 65.2 Å². The van der Waals surface area contributed by atoms with E-state index in [9.17, 15) is 4.79 Å². The number of esters is 1. The van der Waals surface area contributed by atoms with Crippen LogP contribution in [0.3, 0.4) is 0 Å². The number of rotatable bonds is 1. The molecular weight excluding hydrogens is 308 g/mol. The smallest absolute Gasteiger partial charge is 0.342 e. The van der Waals surface area contributed by atoms with Gasteiger partial charge in [0.05, 0.1) is 11.2 Å². The molecule has 2 N–H and O–H groups in total. The Morgan fingerprint density at radius 3 is 2.68 bits per heavy atom. The summed E-state index contributed by atoms with van der Waals surface area (Å²) in [6.07, 6.45) is 1.46. The Hall–Kier alpha value is -1.62. The van der Waals surface area contributed by atoms with Gasteiger partial charge in [0, 0.05) is 16.1 Å². The van der Waals surface area contributed by atoms with Crippen LogP contribution < -0.4 is 5.73 Å². The fraction of sp³-hybridized carbons (Fsp3) is 0.286. The first-order chi connectivity index (χ1) is 8.78. The molecule has 1 aromatic heterocycles. The molecule has 0 bridgehead atoms. The fourth-order valence-corrected chi connectivity index (χ4v) is 2.04. The average Bonchev–Trinajstić information content (AvgIpc) is 2.28. The minimum Gasteiger partial charge on any atom is -0.456 e. The van der Waals surface area contributed by atoms with E-state index in [-0.39, 0.29) is 0 Å². The van der Waals surface area contributed by atoms with Crippen molar-refractivity contribution in [1.29, 1.82) is 0 Å². The van der Waals surface area contributed by atoms with Crippen molar-refractivity contribution in [2.45, 2.75) is 26.4 Å². The van der Waals surface area contributed by atoms with E-state index in [2.05, 4.69) is 20.9 Å². The zero-order valence-corrected chi connectivity index (χ0v) is 12.6. The highest BCUT2D eigenvalue weighted by Gasteiger charge is 2.21. The molecule has 0 radical (unpaired) electrons. The van der Waals surface area contributed by atoms with Crippen molar-refractivity contribution >= 4 is 38.5 Å². The molecular formula is C14H15BrN2O2. The molecule has 5 heteroatoms. The standard InChI is InChI=1S/C14H15BrN2O2/c1-14(2,3)19-13(18)10-7-17-11-5-4-8(15)6-9(11)12(10)16/h4-7H,1-3H3,(H2,16,17). The van der Waals surface area contributed by atoms with Crippen molar-refractivity contribution in [3.05, 3.63) is 34.4 Å². The lowest BCUT2D eigenvalue weighted by Gasteiger charge is -2.20. The molecule has 0 fully saturated rings. The van der Waals surface area contributed by atoms with Crippen LogP contribution in [0.4, 0.5) is 5.69 Å². The monoisotopic (exact) mass is 322 g/mol. The van der Waals surface area contributed by atoms with Gasteiger partial charge in [0.2, 0.25) is 0 Å². The van der Waals surface area contributed by atoms with Gasteiger partial charge in [0.15, 0.2) is 0 Å². The molecule has 1 heterocycles. The van der Waals surface area contributed by atoms with E-state index >= 15 is 0 Å². The van der Waals surface area contributed by atoms with Crippen LogP contribution in [0.15, 0.2) is 28.9 Å². The number of hydrogen-bond acceptors (Lipinski definition) is 4. The zero-order valence-electron chi connectivity index (χ0n) is 11.0. The summed E-state index contributed by atoms with van der Waals surface area (Å²) < 4.78 is 6.20. The summed E-state index contributed by atoms with van der Waals surface area (Å²) in [6, 6.07) is 5.56. The Morgan fingerprint density at radius 2 is 2.05 bits per heavy atom. The van der Waals surface area contributed by atoms with E-state index < -0.39 is 11.6 Å². The van der Waals surface area contributed by atoms with Crippen LogP contribution >= 0.6 is 15.9 Å². The van der Waals surface area contributed by atoms with Gasteiger partial charge in [-0.3, -0.25) is 4.98 Å². The lowest BCUT2D eigenvalue weighted by atomic mass is 10.1. The van der Waals surface area contributed by atoms with Crippen molar-refractivity contribution in [2.24, 2.45) is 0 Å². The number of hydrogen-bond donors (Lipinski definition) is 1. The first-order valence-corrected chi connectivity index (χ1v) is 6.64. The van der Waals surface area contributed by atoms with Crippen molar-refractivity contribution in [2.75, 3.05) is 5.73 Å². The molecule has 0 saturated heterocycles. The van der Waals surface area contributed by atoms with E-state index in [0.29, 0.717) is 11.3 Å². The van der Waals surface area contributed by atoms with Crippen molar-refractivity contribution in [1.82, 2.24) is 4.98 Å². The molecule has 0 amide bonds. The van der Waals surface area contributed by atoms with E-state index in [1.54, 1.807) is 0 Å². The number of nitrogens with zero attached hydrogens (tertiary/aromatic N) is 1. The molecule has 4 nitrogen and oxygen atoms in total. The first-order valence-electron chi connectivity index (χ1n) is 5.85. The largest absolute Gasteiger partial charge is 0.456 e. The number of nitrogen functional groups attached to an aromatic ring is 1. The van der Waals surface area contributed by atoms with Crippen LogP contribution in [0.5, 0.6) is 0 Å². The number of nitrogens with two attached hydrogens (primary N) is 1. The summed E-state index contributed by atoms with van der Waals surface area (Å²) in [4.78, 5) is 16.3. The minimum atomic E-state index is -0.560. The molecule has 0 aliphatic rings. The molecule has 0 aliphatic heterocycles. The molecule has 0 saturated carbocycles. The van der Waals surface area contributed by atoms with Gasteiger partial charge in [-0.25, -0.2) is 4.79 Å². The van der Waals surface area contributed by atoms with Gasteiger partial charge in [-0.05, 0) is 39.0 Å². The second-order valence-electron chi connectivity index (χ2n) is 5.25. The number of carbonyl (C=O) groups excluding carboxylic acids is 1. The number of benzene rings is 1. The van der Waals surface area contributed by atoms with Crippen LogP contribution in [0.2, 0.25) is 0 Å². The average molecular weight is 323 g/mol. The summed E-state index contributed by atoms with van der Waals surface area (Å²) in [6.45, 7) is 5.43. The molecule has 1 aromatic carbocycles. The third kappa shape index (κ3) is 3.04. The summed E-state index contributed by atoms with van der Waals surface area (Å²) in [5.41, 5.74) is 6.91. The van der Waals surface area contributed by atoms with Gasteiger partial charge in [-0.2, -0.15) is 0 Å². The summed E-state index contributed by atoms with van der Waals surface area (Å²) in [7, 11) is 0. The van der Waals surface area contributed by atoms with Crippen molar-refractivity contribution in [3.63, 3.8) is 0 Å². The van der Waals surface area contributed by atoms with Crippen molar-refractivity contribution in [3.8, 4) is 0 Å². The SMILES string of the molecule is CC(C)(C)OC(=O)c1cnc2ccc(Br)cc2c1N. The second-order valence-corrected chi connectivity index (χ2v) is 6.16. The molecule has 100 valence electrons. The maximum absolute atomic E-state index is 12.1. The third-order valence-corrected chi connectivity index (χ3v) is 2.98. The van der Waals surface area contributed by atoms with E-state index in [1.165, 1.54) is 6.20 Å². The molecule has 0 atom stereocenters. The van der Waals surface area contributed by atoms with Gasteiger partial charge in [-0.15, -0.1) is 0 Å². The molecule has 2 aromatic rings. The van der Waals surface area contributed by atoms with Gasteiger partial charge >= 0.3 is 5.97 Å². The number of carbonyl (C=O) groups is 1. The second kappa shape index (κ2) is 4.81. The Kier molecular flexibility index (Phi) is 3.49. The maximum Gasteiger partial charge on any atom is 0.342 e. The van der Waals surface area contributed by atoms with E-state index in [1.807, 2.05) is 39.0 Å². The van der Waals surface area contributed by atoms with Crippen LogP contribution in [0.25, 0.3) is 10.9 Å². The van der Waals surface area contributed by atoms with Crippen LogP contribution in [0, 0.1) is 0 Å². The fourth-order valence-electron chi connectivity index (χ4n) is 1.68. The molecule has 19 heavy (non-hydrogen) atoms. The van der Waals surface area contributed by atoms with Gasteiger partial charge in [0.25, 0.3) is 0 Å². The highest BCUT2D eigenvalue weighted by molar-refractivity contribution is 9.10. The van der Waals surface area contributed by atoms with Crippen molar-refractivity contribution < 1.29 is 9.53 Å². The number of anilines is 1. The third-order valence-electron chi connectivity index (χ3n) is 2.49. The molecule has 0 aliphatic carbocycles. The van der Waals surface area contributed by atoms with Crippen LogP contribution in [-0.2, 0) is 4.74 Å². The predicted octanol–water partition coefficient (Wildman–Crippen LogP) is 3.53. The van der Waals surface area contributed by atoms with Gasteiger partial charge in [0.1, 0.15) is 11.2 Å². The minimum absolute atomic E-state index is 0.292. The Labute approximate surface area is 120 Å². The van der Waals surface area contributed by atoms with Crippen LogP contribution in [0.1, 0.15) is 31.1 Å². The Morgan fingerprint density at radius 1 is 1.37 bits per heavy atom. The quantitative estimate of drug-likeness (QED) is 0.815.